The smallest absolute Gasteiger partial charge is 0.0576 e. The van der Waals surface area contributed by atoms with Crippen LogP contribution in [0.4, 0.5) is 0 Å². The zero-order valence-corrected chi connectivity index (χ0v) is 11.8. The van der Waals surface area contributed by atoms with E-state index in [9.17, 15) is 0 Å². The summed E-state index contributed by atoms with van der Waals surface area (Å²) in [4.78, 5) is 2.27. The summed E-state index contributed by atoms with van der Waals surface area (Å²) >= 11 is 0. The molecule has 0 aromatic rings. The molecule has 17 heavy (non-hydrogen) atoms. The van der Waals surface area contributed by atoms with Gasteiger partial charge in [-0.1, -0.05) is 6.92 Å². The highest BCUT2D eigenvalue weighted by Crippen LogP contribution is 2.26. The highest BCUT2D eigenvalue weighted by atomic mass is 16.5. The lowest BCUT2D eigenvalue weighted by atomic mass is 9.85. The van der Waals surface area contributed by atoms with Gasteiger partial charge in [-0.3, -0.25) is 11.3 Å². The number of nitrogens with two attached hydrogens (primary N) is 1. The summed E-state index contributed by atoms with van der Waals surface area (Å²) in [6.07, 6.45) is 6.14. The molecule has 0 aliphatic carbocycles. The van der Waals surface area contributed by atoms with Gasteiger partial charge in [0, 0.05) is 18.2 Å². The summed E-state index contributed by atoms with van der Waals surface area (Å²) in [5.74, 6) is 5.74. The summed E-state index contributed by atoms with van der Waals surface area (Å²) in [5, 5.41) is 0. The van der Waals surface area contributed by atoms with Crippen LogP contribution in [0.1, 0.15) is 46.0 Å². The lowest BCUT2D eigenvalue weighted by molar-refractivity contribution is 0.0744. The van der Waals surface area contributed by atoms with Gasteiger partial charge in [-0.05, 0) is 53.1 Å². The standard InChI is InChI=1S/C13H29N3O/c1-5-13(2,16(3)4)12(15-14)9-8-11-7-6-10-17-11/h11-12,15H,5-10,14H2,1-4H3. The van der Waals surface area contributed by atoms with E-state index in [1.807, 2.05) is 0 Å². The molecular formula is C13H29N3O. The Balaban J connectivity index is 2.50. The van der Waals surface area contributed by atoms with E-state index < -0.39 is 0 Å². The van der Waals surface area contributed by atoms with Gasteiger partial charge >= 0.3 is 0 Å². The number of nitrogens with one attached hydrogen (secondary N) is 1. The number of nitrogens with zero attached hydrogens (tertiary/aromatic N) is 1. The second kappa shape index (κ2) is 6.69. The lowest BCUT2D eigenvalue weighted by Crippen LogP contribution is -2.58. The van der Waals surface area contributed by atoms with Crippen molar-refractivity contribution in [3.63, 3.8) is 0 Å². The third-order valence-corrected chi connectivity index (χ3v) is 4.49. The molecule has 0 aromatic heterocycles. The van der Waals surface area contributed by atoms with Gasteiger partial charge in [-0.25, -0.2) is 0 Å². The molecule has 3 unspecified atom stereocenters. The Hall–Kier alpha value is -0.160. The average molecular weight is 243 g/mol. The molecule has 3 atom stereocenters. The Bertz CT molecular complexity index is 217. The van der Waals surface area contributed by atoms with Crippen molar-refractivity contribution >= 4 is 0 Å². The van der Waals surface area contributed by atoms with E-state index in [1.54, 1.807) is 0 Å². The van der Waals surface area contributed by atoms with Crippen LogP contribution in [-0.4, -0.2) is 43.3 Å². The Morgan fingerprint density at radius 3 is 2.65 bits per heavy atom. The molecule has 0 saturated carbocycles. The van der Waals surface area contributed by atoms with E-state index in [-0.39, 0.29) is 5.54 Å². The van der Waals surface area contributed by atoms with Crippen LogP contribution in [0.3, 0.4) is 0 Å². The normalized spacial score (nSPS) is 26.1. The van der Waals surface area contributed by atoms with Crippen molar-refractivity contribution < 1.29 is 4.74 Å². The van der Waals surface area contributed by atoms with Gasteiger partial charge in [0.1, 0.15) is 0 Å². The number of hydrazine groups is 1. The summed E-state index contributed by atoms with van der Waals surface area (Å²) in [5.41, 5.74) is 3.11. The molecule has 0 spiro atoms. The van der Waals surface area contributed by atoms with Crippen LogP contribution in [-0.2, 0) is 4.74 Å². The molecular weight excluding hydrogens is 214 g/mol. The van der Waals surface area contributed by atoms with Crippen LogP contribution in [0.2, 0.25) is 0 Å². The molecule has 3 N–H and O–H groups in total. The highest BCUT2D eigenvalue weighted by Gasteiger charge is 2.34. The van der Waals surface area contributed by atoms with Crippen LogP contribution in [0.15, 0.2) is 0 Å². The van der Waals surface area contributed by atoms with Crippen molar-refractivity contribution in [1.82, 2.24) is 10.3 Å². The average Bonchev–Trinajstić information content (AvgIpc) is 2.82. The van der Waals surface area contributed by atoms with Gasteiger partial charge < -0.3 is 9.64 Å². The molecule has 1 aliphatic heterocycles. The minimum absolute atomic E-state index is 0.105. The first-order chi connectivity index (χ1) is 8.04. The number of ether oxygens (including phenoxy) is 1. The molecule has 1 rings (SSSR count). The lowest BCUT2D eigenvalue weighted by Gasteiger charge is -2.42. The second-order valence-electron chi connectivity index (χ2n) is 5.54. The van der Waals surface area contributed by atoms with E-state index in [2.05, 4.69) is 38.3 Å². The molecule has 1 aliphatic rings. The van der Waals surface area contributed by atoms with Gasteiger partial charge in [0.05, 0.1) is 6.10 Å². The highest BCUT2D eigenvalue weighted by molar-refractivity contribution is 4.93. The van der Waals surface area contributed by atoms with Crippen molar-refractivity contribution in [3.05, 3.63) is 0 Å². The topological polar surface area (TPSA) is 50.5 Å². The van der Waals surface area contributed by atoms with E-state index in [0.717, 1.165) is 25.9 Å². The molecule has 102 valence electrons. The fourth-order valence-electron chi connectivity index (χ4n) is 2.67. The summed E-state index contributed by atoms with van der Waals surface area (Å²) in [7, 11) is 4.25. The molecule has 0 aromatic carbocycles. The number of hydrogen-bond acceptors (Lipinski definition) is 4. The van der Waals surface area contributed by atoms with Gasteiger partial charge in [-0.2, -0.15) is 0 Å². The fourth-order valence-corrected chi connectivity index (χ4v) is 2.67. The maximum atomic E-state index is 5.74. The Morgan fingerprint density at radius 1 is 1.53 bits per heavy atom. The monoisotopic (exact) mass is 243 g/mol. The van der Waals surface area contributed by atoms with Crippen molar-refractivity contribution in [2.24, 2.45) is 5.84 Å². The van der Waals surface area contributed by atoms with Crippen molar-refractivity contribution in [2.45, 2.75) is 63.6 Å². The first-order valence-corrected chi connectivity index (χ1v) is 6.79. The predicted octanol–water partition coefficient (Wildman–Crippen LogP) is 1.51. The van der Waals surface area contributed by atoms with Crippen LogP contribution in [0, 0.1) is 0 Å². The molecule has 0 radical (unpaired) electrons. The minimum Gasteiger partial charge on any atom is -0.378 e. The summed E-state index contributed by atoms with van der Waals surface area (Å²) < 4.78 is 5.67. The second-order valence-corrected chi connectivity index (χ2v) is 5.54. The molecule has 1 fully saturated rings. The minimum atomic E-state index is 0.105. The predicted molar refractivity (Wildman–Crippen MR) is 71.7 cm³/mol. The van der Waals surface area contributed by atoms with Crippen LogP contribution in [0.5, 0.6) is 0 Å². The zero-order valence-electron chi connectivity index (χ0n) is 11.8. The molecule has 4 heteroatoms. The first-order valence-electron chi connectivity index (χ1n) is 6.79. The van der Waals surface area contributed by atoms with Gasteiger partial charge in [-0.15, -0.1) is 0 Å². The first kappa shape index (κ1) is 14.9. The molecule has 1 heterocycles. The van der Waals surface area contributed by atoms with Gasteiger partial charge in [0.2, 0.25) is 0 Å². The maximum absolute atomic E-state index is 5.74. The largest absolute Gasteiger partial charge is 0.378 e. The Kier molecular flexibility index (Phi) is 5.86. The van der Waals surface area contributed by atoms with Gasteiger partial charge in [0.25, 0.3) is 0 Å². The fraction of sp³-hybridized carbons (Fsp3) is 1.00. The van der Waals surface area contributed by atoms with Crippen LogP contribution >= 0.6 is 0 Å². The zero-order chi connectivity index (χ0) is 12.9. The molecule has 4 nitrogen and oxygen atoms in total. The number of likely N-dealkylation sites (N-methyl/N-ethyl adjacent to an activating group) is 1. The number of hydrogen-bond donors (Lipinski definition) is 2. The van der Waals surface area contributed by atoms with Crippen LogP contribution < -0.4 is 11.3 Å². The Labute approximate surface area is 106 Å². The maximum Gasteiger partial charge on any atom is 0.0576 e. The van der Waals surface area contributed by atoms with E-state index in [0.29, 0.717) is 12.1 Å². The van der Waals surface area contributed by atoms with Crippen molar-refractivity contribution in [3.8, 4) is 0 Å². The van der Waals surface area contributed by atoms with Gasteiger partial charge in [0.15, 0.2) is 0 Å². The van der Waals surface area contributed by atoms with Crippen molar-refractivity contribution in [2.75, 3.05) is 20.7 Å². The third kappa shape index (κ3) is 3.65. The Morgan fingerprint density at radius 2 is 2.24 bits per heavy atom. The van der Waals surface area contributed by atoms with Crippen molar-refractivity contribution in [1.29, 1.82) is 0 Å². The van der Waals surface area contributed by atoms with E-state index >= 15 is 0 Å². The number of rotatable bonds is 7. The molecule has 1 saturated heterocycles. The summed E-state index contributed by atoms with van der Waals surface area (Å²) in [6, 6.07) is 0.312. The molecule has 0 amide bonds. The molecule has 0 bridgehead atoms. The van der Waals surface area contributed by atoms with E-state index in [4.69, 9.17) is 10.6 Å². The quantitative estimate of drug-likeness (QED) is 0.526. The summed E-state index contributed by atoms with van der Waals surface area (Å²) in [6.45, 7) is 5.42. The SMILES string of the molecule is CCC(C)(C(CCC1CCCO1)NN)N(C)C. The third-order valence-electron chi connectivity index (χ3n) is 4.49. The van der Waals surface area contributed by atoms with Crippen LogP contribution in [0.25, 0.3) is 0 Å². The van der Waals surface area contributed by atoms with E-state index in [1.165, 1.54) is 12.8 Å².